The Balaban J connectivity index is 2.61. The number of benzene rings is 1. The molecular formula is C17H19F3N4O2. The molecule has 0 spiro atoms. The molecule has 140 valence electrons. The number of halogens is 3. The highest BCUT2D eigenvalue weighted by atomic mass is 19.4. The number of aromatic nitrogens is 2. The Labute approximate surface area is 147 Å². The highest BCUT2D eigenvalue weighted by molar-refractivity contribution is 5.92. The van der Waals surface area contributed by atoms with Crippen LogP contribution in [-0.2, 0) is 6.18 Å². The number of nitrogens with one attached hydrogen (secondary N) is 1. The molecule has 1 aromatic heterocycles. The predicted molar refractivity (Wildman–Crippen MR) is 90.2 cm³/mol. The van der Waals surface area contributed by atoms with Crippen LogP contribution in [-0.4, -0.2) is 27.8 Å². The molecule has 1 heterocycles. The first-order valence-electron chi connectivity index (χ1n) is 7.76. The SMILES string of the molecule is Cc1cc(=O)c(C(=O)NC(C)(C)CN)nn1-c1ccccc1C(F)(F)F. The summed E-state index contributed by atoms with van der Waals surface area (Å²) < 4.78 is 40.8. The molecule has 1 amide bonds. The number of nitrogens with two attached hydrogens (primary N) is 1. The molecule has 1 aromatic carbocycles. The maximum absolute atomic E-state index is 13.3. The minimum atomic E-state index is -4.61. The fourth-order valence-corrected chi connectivity index (χ4v) is 2.26. The van der Waals surface area contributed by atoms with Crippen LogP contribution in [0.4, 0.5) is 13.2 Å². The Bertz CT molecular complexity index is 888. The van der Waals surface area contributed by atoms with Gasteiger partial charge in [0.1, 0.15) is 0 Å². The maximum Gasteiger partial charge on any atom is 0.418 e. The standard InChI is InChI=1S/C17H19F3N4O2/c1-10-8-13(25)14(15(26)22-16(2,3)9-21)23-24(10)12-7-5-4-6-11(12)17(18,19)20/h4-8H,9,21H2,1-3H3,(H,22,26). The van der Waals surface area contributed by atoms with Gasteiger partial charge in [-0.3, -0.25) is 9.59 Å². The van der Waals surface area contributed by atoms with Crippen molar-refractivity contribution in [3.8, 4) is 5.69 Å². The monoisotopic (exact) mass is 368 g/mol. The zero-order valence-corrected chi connectivity index (χ0v) is 14.5. The summed E-state index contributed by atoms with van der Waals surface area (Å²) in [5.41, 5.74) is 2.52. The lowest BCUT2D eigenvalue weighted by atomic mass is 10.1. The molecule has 2 aromatic rings. The molecule has 0 saturated carbocycles. The van der Waals surface area contributed by atoms with Crippen molar-refractivity contribution >= 4 is 5.91 Å². The summed E-state index contributed by atoms with van der Waals surface area (Å²) in [5, 5.41) is 6.43. The van der Waals surface area contributed by atoms with E-state index in [4.69, 9.17) is 5.73 Å². The van der Waals surface area contributed by atoms with Gasteiger partial charge >= 0.3 is 6.18 Å². The van der Waals surface area contributed by atoms with Gasteiger partial charge in [-0.15, -0.1) is 0 Å². The van der Waals surface area contributed by atoms with E-state index in [9.17, 15) is 22.8 Å². The van der Waals surface area contributed by atoms with Crippen LogP contribution in [0.1, 0.15) is 35.6 Å². The van der Waals surface area contributed by atoms with Gasteiger partial charge in [-0.25, -0.2) is 4.68 Å². The second kappa shape index (κ2) is 6.91. The quantitative estimate of drug-likeness (QED) is 0.864. The number of aryl methyl sites for hydroxylation is 1. The van der Waals surface area contributed by atoms with Crippen molar-refractivity contribution in [2.75, 3.05) is 6.54 Å². The molecule has 26 heavy (non-hydrogen) atoms. The van der Waals surface area contributed by atoms with Crippen LogP contribution in [0.5, 0.6) is 0 Å². The minimum Gasteiger partial charge on any atom is -0.344 e. The predicted octanol–water partition coefficient (Wildman–Crippen LogP) is 2.03. The average Bonchev–Trinajstić information content (AvgIpc) is 2.53. The van der Waals surface area contributed by atoms with Crippen LogP contribution in [0, 0.1) is 6.92 Å². The van der Waals surface area contributed by atoms with Gasteiger partial charge in [0, 0.05) is 23.8 Å². The minimum absolute atomic E-state index is 0.107. The van der Waals surface area contributed by atoms with E-state index in [1.807, 2.05) is 0 Å². The molecule has 0 saturated heterocycles. The first kappa shape index (κ1) is 19.6. The third-order valence-corrected chi connectivity index (χ3v) is 3.72. The van der Waals surface area contributed by atoms with Gasteiger partial charge in [-0.05, 0) is 32.9 Å². The molecule has 0 aliphatic heterocycles. The van der Waals surface area contributed by atoms with Crippen LogP contribution in [0.15, 0.2) is 35.1 Å². The molecule has 0 fully saturated rings. The molecule has 3 N–H and O–H groups in total. The molecule has 0 aliphatic rings. The van der Waals surface area contributed by atoms with Gasteiger partial charge in [0.15, 0.2) is 5.69 Å². The Morgan fingerprint density at radius 2 is 1.88 bits per heavy atom. The molecular weight excluding hydrogens is 349 g/mol. The number of nitrogens with zero attached hydrogens (tertiary/aromatic N) is 2. The molecule has 0 atom stereocenters. The highest BCUT2D eigenvalue weighted by Gasteiger charge is 2.34. The van der Waals surface area contributed by atoms with Crippen LogP contribution < -0.4 is 16.5 Å². The summed E-state index contributed by atoms with van der Waals surface area (Å²) in [6.45, 7) is 4.84. The van der Waals surface area contributed by atoms with Crippen LogP contribution >= 0.6 is 0 Å². The van der Waals surface area contributed by atoms with Crippen molar-refractivity contribution in [1.82, 2.24) is 15.1 Å². The van der Waals surface area contributed by atoms with E-state index in [0.717, 1.165) is 16.8 Å². The summed E-state index contributed by atoms with van der Waals surface area (Å²) in [6.07, 6.45) is -4.61. The van der Waals surface area contributed by atoms with Crippen LogP contribution in [0.25, 0.3) is 5.69 Å². The third-order valence-electron chi connectivity index (χ3n) is 3.72. The Morgan fingerprint density at radius 3 is 2.46 bits per heavy atom. The topological polar surface area (TPSA) is 90.0 Å². The van der Waals surface area contributed by atoms with Crippen LogP contribution in [0.3, 0.4) is 0 Å². The summed E-state index contributed by atoms with van der Waals surface area (Å²) in [6, 6.07) is 5.87. The summed E-state index contributed by atoms with van der Waals surface area (Å²) in [5.74, 6) is -0.802. The average molecular weight is 368 g/mol. The number of carbonyl (C=O) groups is 1. The zero-order valence-electron chi connectivity index (χ0n) is 14.5. The van der Waals surface area contributed by atoms with Gasteiger partial charge < -0.3 is 11.1 Å². The fraction of sp³-hybridized carbons (Fsp3) is 0.353. The van der Waals surface area contributed by atoms with Gasteiger partial charge in [0.25, 0.3) is 5.91 Å². The Kier molecular flexibility index (Phi) is 5.22. The summed E-state index contributed by atoms with van der Waals surface area (Å²) >= 11 is 0. The molecule has 9 heteroatoms. The van der Waals surface area contributed by atoms with Gasteiger partial charge in [-0.2, -0.15) is 18.3 Å². The Hall–Kier alpha value is -2.68. The molecule has 0 unspecified atom stereocenters. The van der Waals surface area contributed by atoms with Crippen LogP contribution in [0.2, 0.25) is 0 Å². The van der Waals surface area contributed by atoms with Gasteiger partial charge in [0.05, 0.1) is 11.3 Å². The first-order chi connectivity index (χ1) is 12.0. The lowest BCUT2D eigenvalue weighted by Gasteiger charge is -2.24. The number of carbonyl (C=O) groups excluding carboxylic acids is 1. The molecule has 6 nitrogen and oxygen atoms in total. The summed E-state index contributed by atoms with van der Waals surface area (Å²) in [4.78, 5) is 24.5. The van der Waals surface area contributed by atoms with Crippen molar-refractivity contribution in [2.24, 2.45) is 5.73 Å². The fourth-order valence-electron chi connectivity index (χ4n) is 2.26. The molecule has 0 radical (unpaired) electrons. The number of hydrogen-bond donors (Lipinski definition) is 2. The van der Waals surface area contributed by atoms with Crippen molar-refractivity contribution in [3.05, 3.63) is 57.5 Å². The number of rotatable bonds is 4. The van der Waals surface area contributed by atoms with E-state index in [1.54, 1.807) is 13.8 Å². The largest absolute Gasteiger partial charge is 0.418 e. The smallest absolute Gasteiger partial charge is 0.344 e. The van der Waals surface area contributed by atoms with Crippen molar-refractivity contribution < 1.29 is 18.0 Å². The van der Waals surface area contributed by atoms with Gasteiger partial charge in [0.2, 0.25) is 5.43 Å². The molecule has 0 bridgehead atoms. The summed E-state index contributed by atoms with van der Waals surface area (Å²) in [7, 11) is 0. The van der Waals surface area contributed by atoms with E-state index in [-0.39, 0.29) is 17.9 Å². The van der Waals surface area contributed by atoms with E-state index in [1.165, 1.54) is 25.1 Å². The normalized spacial score (nSPS) is 12.1. The van der Waals surface area contributed by atoms with E-state index in [2.05, 4.69) is 10.4 Å². The second-order valence-electron chi connectivity index (χ2n) is 6.47. The molecule has 2 rings (SSSR count). The van der Waals surface area contributed by atoms with Gasteiger partial charge in [-0.1, -0.05) is 12.1 Å². The van der Waals surface area contributed by atoms with Crippen molar-refractivity contribution in [2.45, 2.75) is 32.5 Å². The van der Waals surface area contributed by atoms with E-state index >= 15 is 0 Å². The first-order valence-corrected chi connectivity index (χ1v) is 7.76. The molecule has 0 aliphatic carbocycles. The number of para-hydroxylation sites is 1. The second-order valence-corrected chi connectivity index (χ2v) is 6.47. The zero-order chi connectivity index (χ0) is 19.7. The van der Waals surface area contributed by atoms with E-state index < -0.39 is 34.3 Å². The van der Waals surface area contributed by atoms with Crippen molar-refractivity contribution in [3.63, 3.8) is 0 Å². The third kappa shape index (κ3) is 4.10. The lowest BCUT2D eigenvalue weighted by molar-refractivity contribution is -0.137. The lowest BCUT2D eigenvalue weighted by Crippen LogP contribution is -2.50. The van der Waals surface area contributed by atoms with Crippen molar-refractivity contribution in [1.29, 1.82) is 0 Å². The number of amides is 1. The highest BCUT2D eigenvalue weighted by Crippen LogP contribution is 2.33. The Morgan fingerprint density at radius 1 is 1.27 bits per heavy atom. The maximum atomic E-state index is 13.3. The number of alkyl halides is 3. The van der Waals surface area contributed by atoms with E-state index in [0.29, 0.717) is 0 Å². The number of hydrogen-bond acceptors (Lipinski definition) is 4.